The van der Waals surface area contributed by atoms with Crippen LogP contribution in [0.15, 0.2) is 54.9 Å². The lowest BCUT2D eigenvalue weighted by atomic mass is 10.00. The van der Waals surface area contributed by atoms with Crippen molar-refractivity contribution in [2.75, 3.05) is 0 Å². The van der Waals surface area contributed by atoms with Crippen LogP contribution in [0.5, 0.6) is 0 Å². The van der Waals surface area contributed by atoms with E-state index in [1.54, 1.807) is 0 Å². The van der Waals surface area contributed by atoms with Crippen LogP contribution < -0.4 is 4.57 Å². The van der Waals surface area contributed by atoms with Crippen molar-refractivity contribution in [3.63, 3.8) is 0 Å². The zero-order chi connectivity index (χ0) is 18.1. The Balaban J connectivity index is 2.25. The van der Waals surface area contributed by atoms with Gasteiger partial charge in [0, 0.05) is 24.0 Å². The highest BCUT2D eigenvalue weighted by Gasteiger charge is 2.21. The highest BCUT2D eigenvalue weighted by Crippen LogP contribution is 2.31. The topological polar surface area (TPSA) is 8.81 Å². The zero-order valence-electron chi connectivity index (χ0n) is 16.2. The molecule has 130 valence electrons. The first kappa shape index (κ1) is 17.5. The molecule has 0 aliphatic rings. The van der Waals surface area contributed by atoms with E-state index in [1.807, 2.05) is 0 Å². The summed E-state index contributed by atoms with van der Waals surface area (Å²) in [5.74, 6) is 1.01. The van der Waals surface area contributed by atoms with Crippen molar-refractivity contribution in [1.82, 2.24) is 4.57 Å². The van der Waals surface area contributed by atoms with Gasteiger partial charge >= 0.3 is 0 Å². The van der Waals surface area contributed by atoms with Crippen LogP contribution in [-0.2, 0) is 7.05 Å². The van der Waals surface area contributed by atoms with E-state index in [-0.39, 0.29) is 0 Å². The summed E-state index contributed by atoms with van der Waals surface area (Å²) >= 11 is 0. The molecular weight excluding hydrogens is 304 g/mol. The maximum absolute atomic E-state index is 2.35. The second kappa shape index (κ2) is 6.87. The molecule has 0 radical (unpaired) electrons. The molecule has 0 bridgehead atoms. The first-order valence-corrected chi connectivity index (χ1v) is 9.17. The average molecular weight is 333 g/mol. The molecule has 0 amide bonds. The Morgan fingerprint density at radius 2 is 1.64 bits per heavy atom. The van der Waals surface area contributed by atoms with Crippen molar-refractivity contribution in [2.24, 2.45) is 7.05 Å². The molecule has 2 aromatic heterocycles. The summed E-state index contributed by atoms with van der Waals surface area (Å²) in [6.45, 7) is 11.2. The monoisotopic (exact) mass is 333 g/mol. The fourth-order valence-corrected chi connectivity index (χ4v) is 3.43. The van der Waals surface area contributed by atoms with Gasteiger partial charge in [0.25, 0.3) is 0 Å². The number of nitrogens with zero attached hydrogens (tertiary/aromatic N) is 2. The van der Waals surface area contributed by atoms with Gasteiger partial charge in [-0.25, -0.2) is 0 Å². The molecule has 0 atom stereocenters. The number of hydrogen-bond acceptors (Lipinski definition) is 0. The molecule has 2 nitrogen and oxygen atoms in total. The number of hydrogen-bond donors (Lipinski definition) is 0. The standard InChI is InChI=1S/C23H29N2/c1-16(2)19-12-13-24(6)22(15-19)23-18(5)11-14-25(23)21-10-8-7-9-20(21)17(3)4/h7-17H,1-6H3/q+1. The zero-order valence-corrected chi connectivity index (χ0v) is 16.2. The molecule has 0 aliphatic heterocycles. The highest BCUT2D eigenvalue weighted by atomic mass is 15.0. The van der Waals surface area contributed by atoms with Gasteiger partial charge in [0.1, 0.15) is 12.7 Å². The fourth-order valence-electron chi connectivity index (χ4n) is 3.43. The van der Waals surface area contributed by atoms with Gasteiger partial charge < -0.3 is 4.57 Å². The van der Waals surface area contributed by atoms with Crippen LogP contribution in [0.25, 0.3) is 17.1 Å². The van der Waals surface area contributed by atoms with Crippen LogP contribution in [0.2, 0.25) is 0 Å². The van der Waals surface area contributed by atoms with Crippen LogP contribution in [0.1, 0.15) is 56.2 Å². The minimum atomic E-state index is 0.488. The molecule has 0 N–H and O–H groups in total. The lowest BCUT2D eigenvalue weighted by Gasteiger charge is -2.16. The molecule has 1 aromatic carbocycles. The third-order valence-corrected chi connectivity index (χ3v) is 4.99. The van der Waals surface area contributed by atoms with E-state index in [0.717, 1.165) is 0 Å². The molecule has 25 heavy (non-hydrogen) atoms. The summed E-state index contributed by atoms with van der Waals surface area (Å²) in [5, 5.41) is 0. The van der Waals surface area contributed by atoms with Crippen LogP contribution in [-0.4, -0.2) is 4.57 Å². The Kier molecular flexibility index (Phi) is 4.80. The van der Waals surface area contributed by atoms with Gasteiger partial charge in [0.2, 0.25) is 5.69 Å². The smallest absolute Gasteiger partial charge is 0.229 e. The van der Waals surface area contributed by atoms with Crippen LogP contribution in [0, 0.1) is 6.92 Å². The van der Waals surface area contributed by atoms with E-state index in [0.29, 0.717) is 11.8 Å². The summed E-state index contributed by atoms with van der Waals surface area (Å²) < 4.78 is 4.58. The summed E-state index contributed by atoms with van der Waals surface area (Å²) in [4.78, 5) is 0. The predicted octanol–water partition coefficient (Wildman–Crippen LogP) is 5.52. The summed E-state index contributed by atoms with van der Waals surface area (Å²) in [5.41, 5.74) is 7.86. The van der Waals surface area contributed by atoms with Crippen LogP contribution >= 0.6 is 0 Å². The molecule has 3 aromatic rings. The fraction of sp³-hybridized carbons (Fsp3) is 0.348. The number of aromatic nitrogens is 2. The molecule has 0 saturated carbocycles. The summed E-state index contributed by atoms with van der Waals surface area (Å²) in [6.07, 6.45) is 4.38. The first-order chi connectivity index (χ1) is 11.9. The van der Waals surface area contributed by atoms with Crippen LogP contribution in [0.4, 0.5) is 0 Å². The lowest BCUT2D eigenvalue weighted by Crippen LogP contribution is -2.31. The highest BCUT2D eigenvalue weighted by molar-refractivity contribution is 5.63. The van der Waals surface area contributed by atoms with E-state index in [1.165, 1.54) is 33.8 Å². The van der Waals surface area contributed by atoms with Gasteiger partial charge in [-0.15, -0.1) is 0 Å². The molecular formula is C23H29N2+. The van der Waals surface area contributed by atoms with E-state index in [2.05, 4.69) is 106 Å². The SMILES string of the molecule is Cc1ccn(-c2ccccc2C(C)C)c1-c1cc(C(C)C)cc[n+]1C. The molecule has 3 rings (SSSR count). The van der Waals surface area contributed by atoms with Crippen molar-refractivity contribution in [3.05, 3.63) is 71.5 Å². The van der Waals surface area contributed by atoms with Gasteiger partial charge in [0.15, 0.2) is 6.20 Å². The molecule has 2 heteroatoms. The van der Waals surface area contributed by atoms with Gasteiger partial charge in [-0.2, -0.15) is 4.57 Å². The Morgan fingerprint density at radius 1 is 0.920 bits per heavy atom. The van der Waals surface area contributed by atoms with Crippen molar-refractivity contribution >= 4 is 0 Å². The van der Waals surface area contributed by atoms with Crippen LogP contribution in [0.3, 0.4) is 0 Å². The molecule has 0 aliphatic carbocycles. The molecule has 0 spiro atoms. The number of benzene rings is 1. The summed E-state index contributed by atoms with van der Waals surface area (Å²) in [7, 11) is 2.13. The number of aryl methyl sites for hydroxylation is 2. The maximum atomic E-state index is 2.35. The van der Waals surface area contributed by atoms with E-state index < -0.39 is 0 Å². The molecule has 0 saturated heterocycles. The first-order valence-electron chi connectivity index (χ1n) is 9.17. The van der Waals surface area contributed by atoms with Crippen molar-refractivity contribution in [3.8, 4) is 17.1 Å². The Labute approximate surface area is 151 Å². The van der Waals surface area contributed by atoms with Gasteiger partial charge in [-0.3, -0.25) is 0 Å². The Hall–Kier alpha value is -2.35. The normalized spacial score (nSPS) is 11.5. The lowest BCUT2D eigenvalue weighted by molar-refractivity contribution is -0.660. The van der Waals surface area contributed by atoms with E-state index in [9.17, 15) is 0 Å². The minimum Gasteiger partial charge on any atom is -0.311 e. The van der Waals surface area contributed by atoms with E-state index >= 15 is 0 Å². The number of rotatable bonds is 4. The van der Waals surface area contributed by atoms with E-state index in [4.69, 9.17) is 0 Å². The maximum Gasteiger partial charge on any atom is 0.229 e. The Morgan fingerprint density at radius 3 is 2.32 bits per heavy atom. The summed E-state index contributed by atoms with van der Waals surface area (Å²) in [6, 6.07) is 15.5. The molecule has 0 unspecified atom stereocenters. The predicted molar refractivity (Wildman–Crippen MR) is 105 cm³/mol. The van der Waals surface area contributed by atoms with Gasteiger partial charge in [0.05, 0.1) is 0 Å². The van der Waals surface area contributed by atoms with Crippen molar-refractivity contribution in [2.45, 2.75) is 46.5 Å². The second-order valence-electron chi connectivity index (χ2n) is 7.54. The minimum absolute atomic E-state index is 0.488. The third kappa shape index (κ3) is 3.26. The average Bonchev–Trinajstić information content (AvgIpc) is 2.96. The van der Waals surface area contributed by atoms with Crippen molar-refractivity contribution in [1.29, 1.82) is 0 Å². The quantitative estimate of drug-likeness (QED) is 0.556. The van der Waals surface area contributed by atoms with Gasteiger partial charge in [-0.05, 0) is 47.6 Å². The molecule has 2 heterocycles. The van der Waals surface area contributed by atoms with Crippen molar-refractivity contribution < 1.29 is 4.57 Å². The molecule has 0 fully saturated rings. The third-order valence-electron chi connectivity index (χ3n) is 4.99. The number of pyridine rings is 1. The van der Waals surface area contributed by atoms with Gasteiger partial charge in [-0.1, -0.05) is 45.9 Å². The second-order valence-corrected chi connectivity index (χ2v) is 7.54. The largest absolute Gasteiger partial charge is 0.311 e. The number of para-hydroxylation sites is 1. The Bertz CT molecular complexity index is 885.